The van der Waals surface area contributed by atoms with Crippen LogP contribution in [0.15, 0.2) is 0 Å². The molecule has 96 valence electrons. The average Bonchev–Trinajstić information content (AvgIpc) is 2.31. The summed E-state index contributed by atoms with van der Waals surface area (Å²) in [6.45, 7) is 3.05. The Morgan fingerprint density at radius 1 is 0.875 bits per heavy atom. The van der Waals surface area contributed by atoms with Crippen molar-refractivity contribution in [3.63, 3.8) is 0 Å². The van der Waals surface area contributed by atoms with Crippen molar-refractivity contribution >= 4 is 6.03 Å². The molecule has 0 radical (unpaired) electrons. The van der Waals surface area contributed by atoms with E-state index >= 15 is 0 Å². The topological polar surface area (TPSA) is 41.1 Å². The number of hydrogen-bond donors (Lipinski definition) is 2. The van der Waals surface area contributed by atoms with Crippen molar-refractivity contribution in [1.29, 1.82) is 0 Å². The first-order valence-electron chi connectivity index (χ1n) is 6.76. The molecular weight excluding hydrogens is 200 g/mol. The van der Waals surface area contributed by atoms with Gasteiger partial charge in [-0.25, -0.2) is 4.79 Å². The normalized spacial score (nSPS) is 10.1. The average molecular weight is 228 g/mol. The number of amides is 2. The third kappa shape index (κ3) is 11.3. The van der Waals surface area contributed by atoms with Crippen LogP contribution in [0.3, 0.4) is 0 Å². The summed E-state index contributed by atoms with van der Waals surface area (Å²) in [6.07, 6.45) is 11.9. The number of rotatable bonds is 10. The maximum absolute atomic E-state index is 10.8. The number of unbranched alkanes of at least 4 members (excludes halogenated alkanes) is 8. The molecule has 3 nitrogen and oxygen atoms in total. The lowest BCUT2D eigenvalue weighted by molar-refractivity contribution is 0.242. The Kier molecular flexibility index (Phi) is 11.8. The minimum Gasteiger partial charge on any atom is -0.341 e. The van der Waals surface area contributed by atoms with Gasteiger partial charge >= 0.3 is 6.03 Å². The van der Waals surface area contributed by atoms with Gasteiger partial charge in [-0.2, -0.15) is 0 Å². The first-order chi connectivity index (χ1) is 7.81. The van der Waals surface area contributed by atoms with Crippen LogP contribution in [0, 0.1) is 0 Å². The maximum atomic E-state index is 10.8. The Labute approximate surface area is 100 Å². The molecule has 0 heterocycles. The SMILES string of the molecule is CCCCCCCCCCCNC(=O)NC. The van der Waals surface area contributed by atoms with Crippen molar-refractivity contribution in [2.24, 2.45) is 0 Å². The van der Waals surface area contributed by atoms with Crippen LogP contribution in [0.25, 0.3) is 0 Å². The third-order valence-electron chi connectivity index (χ3n) is 2.79. The van der Waals surface area contributed by atoms with Crippen LogP contribution in [0.2, 0.25) is 0 Å². The van der Waals surface area contributed by atoms with E-state index in [-0.39, 0.29) is 6.03 Å². The van der Waals surface area contributed by atoms with Gasteiger partial charge in [0, 0.05) is 13.6 Å². The molecule has 2 amide bonds. The van der Waals surface area contributed by atoms with Gasteiger partial charge in [-0.05, 0) is 6.42 Å². The number of urea groups is 1. The highest BCUT2D eigenvalue weighted by Gasteiger charge is 1.94. The molecule has 0 unspecified atom stereocenters. The van der Waals surface area contributed by atoms with Crippen molar-refractivity contribution in [2.45, 2.75) is 64.7 Å². The van der Waals surface area contributed by atoms with Crippen molar-refractivity contribution in [3.8, 4) is 0 Å². The van der Waals surface area contributed by atoms with Gasteiger partial charge < -0.3 is 10.6 Å². The van der Waals surface area contributed by atoms with Crippen LogP contribution in [0.5, 0.6) is 0 Å². The van der Waals surface area contributed by atoms with Crippen LogP contribution < -0.4 is 10.6 Å². The van der Waals surface area contributed by atoms with Gasteiger partial charge in [-0.3, -0.25) is 0 Å². The molecule has 16 heavy (non-hydrogen) atoms. The highest BCUT2D eigenvalue weighted by molar-refractivity contribution is 5.73. The van der Waals surface area contributed by atoms with Crippen LogP contribution in [-0.4, -0.2) is 19.6 Å². The molecular formula is C13H28N2O. The molecule has 0 atom stereocenters. The van der Waals surface area contributed by atoms with Crippen molar-refractivity contribution in [2.75, 3.05) is 13.6 Å². The van der Waals surface area contributed by atoms with Crippen molar-refractivity contribution < 1.29 is 4.79 Å². The van der Waals surface area contributed by atoms with E-state index in [1.807, 2.05) is 0 Å². The molecule has 0 rings (SSSR count). The number of carbonyl (C=O) groups is 1. The van der Waals surface area contributed by atoms with Crippen molar-refractivity contribution in [1.82, 2.24) is 10.6 Å². The molecule has 0 saturated carbocycles. The summed E-state index contributed by atoms with van der Waals surface area (Å²) in [5.41, 5.74) is 0. The highest BCUT2D eigenvalue weighted by Crippen LogP contribution is 2.08. The van der Waals surface area contributed by atoms with Crippen LogP contribution in [0.4, 0.5) is 4.79 Å². The van der Waals surface area contributed by atoms with E-state index in [1.165, 1.54) is 51.4 Å². The molecule has 3 heteroatoms. The summed E-state index contributed by atoms with van der Waals surface area (Å²) in [6, 6.07) is -0.0698. The quantitative estimate of drug-likeness (QED) is 0.552. The number of nitrogens with one attached hydrogen (secondary N) is 2. The fourth-order valence-electron chi connectivity index (χ4n) is 1.73. The van der Waals surface area contributed by atoms with E-state index in [0.29, 0.717) is 0 Å². The standard InChI is InChI=1S/C13H28N2O/c1-3-4-5-6-7-8-9-10-11-12-15-13(16)14-2/h3-12H2,1-2H3,(H2,14,15,16). The number of hydrogen-bond acceptors (Lipinski definition) is 1. The van der Waals surface area contributed by atoms with E-state index < -0.39 is 0 Å². The summed E-state index contributed by atoms with van der Waals surface area (Å²) >= 11 is 0. The van der Waals surface area contributed by atoms with E-state index in [9.17, 15) is 4.79 Å². The summed E-state index contributed by atoms with van der Waals surface area (Å²) in [5, 5.41) is 5.35. The summed E-state index contributed by atoms with van der Waals surface area (Å²) < 4.78 is 0. The second kappa shape index (κ2) is 12.3. The van der Waals surface area contributed by atoms with Crippen molar-refractivity contribution in [3.05, 3.63) is 0 Å². The Bertz CT molecular complexity index is 160. The van der Waals surface area contributed by atoms with Gasteiger partial charge in [-0.1, -0.05) is 58.3 Å². The van der Waals surface area contributed by atoms with Gasteiger partial charge in [0.1, 0.15) is 0 Å². The first kappa shape index (κ1) is 15.3. The lowest BCUT2D eigenvalue weighted by atomic mass is 10.1. The predicted octanol–water partition coefficient (Wildman–Crippen LogP) is 3.45. The van der Waals surface area contributed by atoms with Crippen LogP contribution in [-0.2, 0) is 0 Å². The van der Waals surface area contributed by atoms with Gasteiger partial charge in [0.25, 0.3) is 0 Å². The first-order valence-corrected chi connectivity index (χ1v) is 6.76. The van der Waals surface area contributed by atoms with Gasteiger partial charge in [0.2, 0.25) is 0 Å². The van der Waals surface area contributed by atoms with Gasteiger partial charge in [0.15, 0.2) is 0 Å². The molecule has 0 aliphatic rings. The number of carbonyl (C=O) groups excluding carboxylic acids is 1. The minimum absolute atomic E-state index is 0.0698. The fraction of sp³-hybridized carbons (Fsp3) is 0.923. The molecule has 0 aliphatic carbocycles. The second-order valence-electron chi connectivity index (χ2n) is 4.33. The maximum Gasteiger partial charge on any atom is 0.314 e. The lowest BCUT2D eigenvalue weighted by Gasteiger charge is -2.04. The Morgan fingerprint density at radius 2 is 1.38 bits per heavy atom. The molecule has 0 aromatic rings. The summed E-state index contributed by atoms with van der Waals surface area (Å²) in [5.74, 6) is 0. The predicted molar refractivity (Wildman–Crippen MR) is 69.7 cm³/mol. The summed E-state index contributed by atoms with van der Waals surface area (Å²) in [7, 11) is 1.64. The Hall–Kier alpha value is -0.730. The molecule has 0 aromatic heterocycles. The molecule has 0 saturated heterocycles. The molecule has 0 bridgehead atoms. The molecule has 0 aromatic carbocycles. The van der Waals surface area contributed by atoms with E-state index in [0.717, 1.165) is 13.0 Å². The largest absolute Gasteiger partial charge is 0.341 e. The second-order valence-corrected chi connectivity index (χ2v) is 4.33. The Balaban J connectivity index is 2.96. The molecule has 0 spiro atoms. The van der Waals surface area contributed by atoms with Crippen LogP contribution in [0.1, 0.15) is 64.7 Å². The van der Waals surface area contributed by atoms with Gasteiger partial charge in [0.05, 0.1) is 0 Å². The molecule has 0 fully saturated rings. The monoisotopic (exact) mass is 228 g/mol. The lowest BCUT2D eigenvalue weighted by Crippen LogP contribution is -2.33. The van der Waals surface area contributed by atoms with E-state index in [4.69, 9.17) is 0 Å². The summed E-state index contributed by atoms with van der Waals surface area (Å²) in [4.78, 5) is 10.8. The Morgan fingerprint density at radius 3 is 1.88 bits per heavy atom. The molecule has 0 aliphatic heterocycles. The molecule has 2 N–H and O–H groups in total. The zero-order chi connectivity index (χ0) is 12.1. The van der Waals surface area contributed by atoms with Gasteiger partial charge in [-0.15, -0.1) is 0 Å². The zero-order valence-electron chi connectivity index (χ0n) is 11.0. The minimum atomic E-state index is -0.0698. The van der Waals surface area contributed by atoms with E-state index in [2.05, 4.69) is 17.6 Å². The third-order valence-corrected chi connectivity index (χ3v) is 2.79. The zero-order valence-corrected chi connectivity index (χ0v) is 11.0. The van der Waals surface area contributed by atoms with Crippen LogP contribution >= 0.6 is 0 Å². The fourth-order valence-corrected chi connectivity index (χ4v) is 1.73. The van der Waals surface area contributed by atoms with E-state index in [1.54, 1.807) is 7.05 Å². The highest BCUT2D eigenvalue weighted by atomic mass is 16.2. The smallest absolute Gasteiger partial charge is 0.314 e.